The Balaban J connectivity index is 2.35. The number of rotatable bonds is 3. The number of ether oxygens (including phenoxy) is 1. The van der Waals surface area contributed by atoms with Crippen LogP contribution in [0.5, 0.6) is 0 Å². The van der Waals surface area contributed by atoms with Gasteiger partial charge in [-0.25, -0.2) is 4.98 Å². The fourth-order valence-electron chi connectivity index (χ4n) is 1.70. The number of thioether (sulfide) groups is 1. The van der Waals surface area contributed by atoms with Gasteiger partial charge >= 0.3 is 0 Å². The Labute approximate surface area is 112 Å². The van der Waals surface area contributed by atoms with Gasteiger partial charge in [-0.2, -0.15) is 11.8 Å². The molecule has 2 heterocycles. The highest BCUT2D eigenvalue weighted by molar-refractivity contribution is 14.1. The van der Waals surface area contributed by atoms with Crippen LogP contribution in [0.1, 0.15) is 29.6 Å². The third-order valence-electron chi connectivity index (χ3n) is 2.47. The molecule has 1 unspecified atom stereocenters. The SMILES string of the molecule is COCc1nc(C2CCCS2)[nH]c(=O)c1I. The van der Waals surface area contributed by atoms with E-state index in [0.29, 0.717) is 15.4 Å². The van der Waals surface area contributed by atoms with E-state index < -0.39 is 0 Å². The maximum Gasteiger partial charge on any atom is 0.264 e. The molecule has 0 saturated carbocycles. The van der Waals surface area contributed by atoms with Crippen molar-refractivity contribution in [1.29, 1.82) is 0 Å². The van der Waals surface area contributed by atoms with Gasteiger partial charge in [-0.3, -0.25) is 4.79 Å². The standard InChI is InChI=1S/C10H13IN2O2S/c1-15-5-6-8(11)10(14)13-9(12-6)7-3-2-4-16-7/h7H,2-5H2,1H3,(H,12,13,14). The van der Waals surface area contributed by atoms with Crippen LogP contribution in [0.2, 0.25) is 0 Å². The number of hydrogen-bond acceptors (Lipinski definition) is 4. The first-order valence-corrected chi connectivity index (χ1v) is 7.24. The molecule has 1 aliphatic rings. The van der Waals surface area contributed by atoms with E-state index in [-0.39, 0.29) is 5.56 Å². The Morgan fingerprint density at radius 3 is 3.12 bits per heavy atom. The van der Waals surface area contributed by atoms with Crippen molar-refractivity contribution in [3.8, 4) is 0 Å². The topological polar surface area (TPSA) is 55.0 Å². The second-order valence-corrected chi connectivity index (χ2v) is 6.04. The van der Waals surface area contributed by atoms with Gasteiger partial charge in [0.2, 0.25) is 0 Å². The van der Waals surface area contributed by atoms with E-state index in [4.69, 9.17) is 4.74 Å². The maximum absolute atomic E-state index is 11.7. The van der Waals surface area contributed by atoms with Crippen LogP contribution in [0.3, 0.4) is 0 Å². The molecule has 4 nitrogen and oxygen atoms in total. The van der Waals surface area contributed by atoms with Crippen LogP contribution in [-0.2, 0) is 11.3 Å². The molecule has 16 heavy (non-hydrogen) atoms. The van der Waals surface area contributed by atoms with Crippen LogP contribution in [0, 0.1) is 3.57 Å². The fourth-order valence-corrected chi connectivity index (χ4v) is 3.33. The van der Waals surface area contributed by atoms with E-state index >= 15 is 0 Å². The minimum absolute atomic E-state index is 0.0508. The zero-order valence-corrected chi connectivity index (χ0v) is 11.9. The quantitative estimate of drug-likeness (QED) is 0.847. The van der Waals surface area contributed by atoms with Crippen molar-refractivity contribution in [1.82, 2.24) is 9.97 Å². The Morgan fingerprint density at radius 1 is 1.69 bits per heavy atom. The van der Waals surface area contributed by atoms with E-state index in [9.17, 15) is 4.79 Å². The number of aromatic nitrogens is 2. The molecule has 0 aliphatic carbocycles. The lowest BCUT2D eigenvalue weighted by Crippen LogP contribution is -2.19. The largest absolute Gasteiger partial charge is 0.378 e. The Bertz CT molecular complexity index is 429. The number of halogens is 1. The minimum Gasteiger partial charge on any atom is -0.378 e. The van der Waals surface area contributed by atoms with E-state index in [1.807, 2.05) is 34.4 Å². The van der Waals surface area contributed by atoms with Gasteiger partial charge in [-0.1, -0.05) is 0 Å². The van der Waals surface area contributed by atoms with Crippen molar-refractivity contribution in [3.63, 3.8) is 0 Å². The van der Waals surface area contributed by atoms with Crippen molar-refractivity contribution >= 4 is 34.4 Å². The number of H-pyrrole nitrogens is 1. The van der Waals surface area contributed by atoms with Gasteiger partial charge in [0.1, 0.15) is 9.39 Å². The molecule has 6 heteroatoms. The average Bonchev–Trinajstić information content (AvgIpc) is 2.78. The van der Waals surface area contributed by atoms with E-state index in [1.54, 1.807) is 7.11 Å². The number of methoxy groups -OCH3 is 1. The summed E-state index contributed by atoms with van der Waals surface area (Å²) in [5, 5.41) is 0.348. The Kier molecular flexibility index (Phi) is 4.26. The van der Waals surface area contributed by atoms with Crippen LogP contribution in [0.25, 0.3) is 0 Å². The monoisotopic (exact) mass is 352 g/mol. The predicted octanol–water partition coefficient (Wildman–Crippen LogP) is 2.09. The van der Waals surface area contributed by atoms with Gasteiger partial charge in [-0.15, -0.1) is 0 Å². The first-order valence-electron chi connectivity index (χ1n) is 5.11. The number of nitrogens with zero attached hydrogens (tertiary/aromatic N) is 1. The zero-order chi connectivity index (χ0) is 11.5. The van der Waals surface area contributed by atoms with Crippen molar-refractivity contribution in [2.45, 2.75) is 24.7 Å². The van der Waals surface area contributed by atoms with E-state index in [2.05, 4.69) is 9.97 Å². The molecule has 0 amide bonds. The summed E-state index contributed by atoms with van der Waals surface area (Å²) in [5.74, 6) is 1.96. The van der Waals surface area contributed by atoms with Gasteiger partial charge in [0.15, 0.2) is 0 Å². The first-order chi connectivity index (χ1) is 7.72. The number of hydrogen-bond donors (Lipinski definition) is 1. The summed E-state index contributed by atoms with van der Waals surface area (Å²) >= 11 is 3.88. The lowest BCUT2D eigenvalue weighted by atomic mass is 10.2. The summed E-state index contributed by atoms with van der Waals surface area (Å²) in [7, 11) is 1.61. The summed E-state index contributed by atoms with van der Waals surface area (Å²) in [5.41, 5.74) is 0.694. The highest BCUT2D eigenvalue weighted by atomic mass is 127. The normalized spacial score (nSPS) is 20.2. The molecular weight excluding hydrogens is 339 g/mol. The third kappa shape index (κ3) is 2.60. The van der Waals surface area contributed by atoms with Crippen LogP contribution in [-0.4, -0.2) is 22.8 Å². The number of aromatic amines is 1. The van der Waals surface area contributed by atoms with Gasteiger partial charge in [0, 0.05) is 7.11 Å². The summed E-state index contributed by atoms with van der Waals surface area (Å²) in [6, 6.07) is 0. The molecular formula is C10H13IN2O2S. The zero-order valence-electron chi connectivity index (χ0n) is 8.96. The van der Waals surface area contributed by atoms with Crippen LogP contribution in [0.15, 0.2) is 4.79 Å². The van der Waals surface area contributed by atoms with Gasteiger partial charge in [0.05, 0.1) is 17.6 Å². The molecule has 1 atom stereocenters. The Hall–Kier alpha value is -0.0800. The highest BCUT2D eigenvalue weighted by Gasteiger charge is 2.21. The van der Waals surface area contributed by atoms with Crippen molar-refractivity contribution in [2.75, 3.05) is 12.9 Å². The fraction of sp³-hybridized carbons (Fsp3) is 0.600. The molecule has 1 fully saturated rings. The molecule has 2 rings (SSSR count). The third-order valence-corrected chi connectivity index (χ3v) is 4.96. The molecule has 1 aromatic rings. The lowest BCUT2D eigenvalue weighted by molar-refractivity contribution is 0.180. The molecule has 0 aromatic carbocycles. The summed E-state index contributed by atoms with van der Waals surface area (Å²) < 4.78 is 5.69. The predicted molar refractivity (Wildman–Crippen MR) is 72.7 cm³/mol. The molecule has 0 bridgehead atoms. The molecule has 88 valence electrons. The smallest absolute Gasteiger partial charge is 0.264 e. The lowest BCUT2D eigenvalue weighted by Gasteiger charge is -2.10. The molecule has 1 saturated heterocycles. The second-order valence-electron chi connectivity index (χ2n) is 3.65. The second kappa shape index (κ2) is 5.50. The van der Waals surface area contributed by atoms with Gasteiger partial charge in [-0.05, 0) is 41.2 Å². The molecule has 0 spiro atoms. The number of nitrogens with one attached hydrogen (secondary N) is 1. The highest BCUT2D eigenvalue weighted by Crippen LogP contribution is 2.37. The summed E-state index contributed by atoms with van der Waals surface area (Å²) in [4.78, 5) is 19.1. The molecule has 1 aliphatic heterocycles. The van der Waals surface area contributed by atoms with Gasteiger partial charge in [0.25, 0.3) is 5.56 Å². The van der Waals surface area contributed by atoms with Crippen molar-refractivity contribution < 1.29 is 4.74 Å². The first kappa shape index (κ1) is 12.4. The van der Waals surface area contributed by atoms with E-state index in [1.165, 1.54) is 6.42 Å². The van der Waals surface area contributed by atoms with E-state index in [0.717, 1.165) is 23.7 Å². The van der Waals surface area contributed by atoms with Gasteiger partial charge < -0.3 is 9.72 Å². The van der Waals surface area contributed by atoms with Crippen molar-refractivity contribution in [2.24, 2.45) is 0 Å². The average molecular weight is 352 g/mol. The maximum atomic E-state index is 11.7. The molecule has 1 aromatic heterocycles. The molecule has 1 N–H and O–H groups in total. The Morgan fingerprint density at radius 2 is 2.50 bits per heavy atom. The summed E-state index contributed by atoms with van der Waals surface area (Å²) in [6.07, 6.45) is 2.30. The summed E-state index contributed by atoms with van der Waals surface area (Å²) in [6.45, 7) is 0.395. The van der Waals surface area contributed by atoms with Crippen molar-refractivity contribution in [3.05, 3.63) is 25.4 Å². The van der Waals surface area contributed by atoms with Crippen LogP contribution in [0.4, 0.5) is 0 Å². The van der Waals surface area contributed by atoms with Crippen LogP contribution >= 0.6 is 34.4 Å². The molecule has 0 radical (unpaired) electrons. The minimum atomic E-state index is -0.0508. The van der Waals surface area contributed by atoms with Crippen LogP contribution < -0.4 is 5.56 Å².